The van der Waals surface area contributed by atoms with Gasteiger partial charge in [0.05, 0.1) is 10.7 Å². The molecule has 0 aromatic heterocycles. The maximum Gasteiger partial charge on any atom is 0.0642 e. The third-order valence-corrected chi connectivity index (χ3v) is 4.38. The largest absolute Gasteiger partial charge is 0.370 e. The van der Waals surface area contributed by atoms with Crippen molar-refractivity contribution in [2.75, 3.05) is 18.0 Å². The molecule has 0 bridgehead atoms. The summed E-state index contributed by atoms with van der Waals surface area (Å²) >= 11 is 6.48. The van der Waals surface area contributed by atoms with Crippen molar-refractivity contribution in [3.05, 3.63) is 28.8 Å². The van der Waals surface area contributed by atoms with Crippen LogP contribution in [0.3, 0.4) is 0 Å². The molecule has 0 radical (unpaired) electrons. The molecule has 0 spiro atoms. The topological polar surface area (TPSA) is 15.3 Å². The van der Waals surface area contributed by atoms with Gasteiger partial charge in [-0.25, -0.2) is 0 Å². The van der Waals surface area contributed by atoms with E-state index in [9.17, 15) is 0 Å². The van der Waals surface area contributed by atoms with Crippen LogP contribution in [0.5, 0.6) is 0 Å². The molecule has 2 rings (SSSR count). The lowest BCUT2D eigenvalue weighted by atomic mass is 10.0. The Hall–Kier alpha value is -0.730. The second-order valence-electron chi connectivity index (χ2n) is 6.17. The van der Waals surface area contributed by atoms with E-state index in [0.717, 1.165) is 30.6 Å². The van der Waals surface area contributed by atoms with E-state index in [0.29, 0.717) is 6.04 Å². The molecular formula is C17H27ClN2. The molecule has 1 N–H and O–H groups in total. The number of anilines is 1. The van der Waals surface area contributed by atoms with Gasteiger partial charge in [0.25, 0.3) is 0 Å². The Morgan fingerprint density at radius 3 is 2.90 bits per heavy atom. The number of halogens is 1. The van der Waals surface area contributed by atoms with Crippen LogP contribution in [-0.4, -0.2) is 19.1 Å². The first-order chi connectivity index (χ1) is 9.61. The number of nitrogens with one attached hydrogen (secondary N) is 1. The van der Waals surface area contributed by atoms with Crippen molar-refractivity contribution in [2.24, 2.45) is 5.92 Å². The van der Waals surface area contributed by atoms with Crippen molar-refractivity contribution in [2.45, 2.75) is 52.6 Å². The first-order valence-corrected chi connectivity index (χ1v) is 8.25. The van der Waals surface area contributed by atoms with E-state index < -0.39 is 0 Å². The number of hydrogen-bond donors (Lipinski definition) is 1. The summed E-state index contributed by atoms with van der Waals surface area (Å²) in [5.74, 6) is 0.835. The smallest absolute Gasteiger partial charge is 0.0642 e. The molecule has 20 heavy (non-hydrogen) atoms. The average molecular weight is 295 g/mol. The SMILES string of the molecule is CCCC1CCN(c2c(Cl)cccc2CNC(C)C)C1. The van der Waals surface area contributed by atoms with Crippen LogP contribution in [0.2, 0.25) is 5.02 Å². The average Bonchev–Trinajstić information content (AvgIpc) is 2.85. The highest BCUT2D eigenvalue weighted by Crippen LogP contribution is 2.34. The van der Waals surface area contributed by atoms with Gasteiger partial charge in [-0.1, -0.05) is 50.9 Å². The Kier molecular flexibility index (Phi) is 5.74. The van der Waals surface area contributed by atoms with Gasteiger partial charge in [-0.05, 0) is 30.4 Å². The summed E-state index contributed by atoms with van der Waals surface area (Å²) in [4.78, 5) is 2.49. The summed E-state index contributed by atoms with van der Waals surface area (Å²) in [7, 11) is 0. The molecule has 1 fully saturated rings. The summed E-state index contributed by atoms with van der Waals surface area (Å²) in [6.07, 6.45) is 3.92. The highest BCUT2D eigenvalue weighted by Gasteiger charge is 2.25. The summed E-state index contributed by atoms with van der Waals surface area (Å²) in [5.41, 5.74) is 2.57. The van der Waals surface area contributed by atoms with E-state index in [2.05, 4.69) is 43.1 Å². The van der Waals surface area contributed by atoms with Crippen molar-refractivity contribution in [3.8, 4) is 0 Å². The van der Waals surface area contributed by atoms with Crippen LogP contribution in [0.1, 0.15) is 45.6 Å². The van der Waals surface area contributed by atoms with Gasteiger partial charge in [0, 0.05) is 25.7 Å². The molecule has 0 amide bonds. The van der Waals surface area contributed by atoms with Gasteiger partial charge in [0.2, 0.25) is 0 Å². The van der Waals surface area contributed by atoms with E-state index in [-0.39, 0.29) is 0 Å². The predicted molar refractivity (Wildman–Crippen MR) is 88.7 cm³/mol. The zero-order chi connectivity index (χ0) is 14.5. The summed E-state index contributed by atoms with van der Waals surface area (Å²) in [5, 5.41) is 4.40. The lowest BCUT2D eigenvalue weighted by Crippen LogP contribution is -2.26. The van der Waals surface area contributed by atoms with Crippen LogP contribution in [0, 0.1) is 5.92 Å². The third kappa shape index (κ3) is 3.89. The minimum atomic E-state index is 0.494. The van der Waals surface area contributed by atoms with E-state index >= 15 is 0 Å². The second kappa shape index (κ2) is 7.33. The first kappa shape index (κ1) is 15.7. The molecule has 2 nitrogen and oxygen atoms in total. The molecular weight excluding hydrogens is 268 g/mol. The molecule has 0 aliphatic carbocycles. The Bertz CT molecular complexity index is 431. The zero-order valence-corrected chi connectivity index (χ0v) is 13.7. The molecule has 1 saturated heterocycles. The molecule has 1 aliphatic rings. The van der Waals surface area contributed by atoms with E-state index in [1.165, 1.54) is 30.5 Å². The fourth-order valence-corrected chi connectivity index (χ4v) is 3.36. The van der Waals surface area contributed by atoms with Gasteiger partial charge in [-0.2, -0.15) is 0 Å². The molecule has 1 heterocycles. The Labute approximate surface area is 128 Å². The zero-order valence-electron chi connectivity index (χ0n) is 13.0. The molecule has 1 aromatic carbocycles. The van der Waals surface area contributed by atoms with Crippen molar-refractivity contribution in [1.82, 2.24) is 5.32 Å². The van der Waals surface area contributed by atoms with Gasteiger partial charge >= 0.3 is 0 Å². The number of nitrogens with zero attached hydrogens (tertiary/aromatic N) is 1. The minimum absolute atomic E-state index is 0.494. The normalized spacial score (nSPS) is 19.1. The number of benzene rings is 1. The maximum atomic E-state index is 6.48. The van der Waals surface area contributed by atoms with Crippen molar-refractivity contribution in [3.63, 3.8) is 0 Å². The lowest BCUT2D eigenvalue weighted by molar-refractivity contribution is 0.529. The fraction of sp³-hybridized carbons (Fsp3) is 0.647. The third-order valence-electron chi connectivity index (χ3n) is 4.07. The quantitative estimate of drug-likeness (QED) is 0.833. The summed E-state index contributed by atoms with van der Waals surface area (Å²) < 4.78 is 0. The highest BCUT2D eigenvalue weighted by atomic mass is 35.5. The monoisotopic (exact) mass is 294 g/mol. The minimum Gasteiger partial charge on any atom is -0.370 e. The predicted octanol–water partition coefficient (Wildman–Crippen LogP) is 4.46. The number of para-hydroxylation sites is 1. The summed E-state index contributed by atoms with van der Waals surface area (Å²) in [6, 6.07) is 6.77. The van der Waals surface area contributed by atoms with Crippen LogP contribution in [0.25, 0.3) is 0 Å². The van der Waals surface area contributed by atoms with Crippen LogP contribution in [-0.2, 0) is 6.54 Å². The van der Waals surface area contributed by atoms with Crippen molar-refractivity contribution < 1.29 is 0 Å². The lowest BCUT2D eigenvalue weighted by Gasteiger charge is -2.24. The van der Waals surface area contributed by atoms with Gasteiger partial charge in [0.1, 0.15) is 0 Å². The summed E-state index contributed by atoms with van der Waals surface area (Å²) in [6.45, 7) is 9.82. The Morgan fingerprint density at radius 1 is 1.40 bits per heavy atom. The maximum absolute atomic E-state index is 6.48. The van der Waals surface area contributed by atoms with Crippen LogP contribution < -0.4 is 10.2 Å². The molecule has 112 valence electrons. The van der Waals surface area contributed by atoms with Crippen molar-refractivity contribution >= 4 is 17.3 Å². The molecule has 1 atom stereocenters. The van der Waals surface area contributed by atoms with Crippen LogP contribution in [0.15, 0.2) is 18.2 Å². The number of hydrogen-bond acceptors (Lipinski definition) is 2. The molecule has 1 aromatic rings. The molecule has 1 unspecified atom stereocenters. The van der Waals surface area contributed by atoms with Gasteiger partial charge in [-0.3, -0.25) is 0 Å². The molecule has 0 saturated carbocycles. The first-order valence-electron chi connectivity index (χ1n) is 7.87. The molecule has 3 heteroatoms. The van der Waals surface area contributed by atoms with E-state index in [1.807, 2.05) is 6.07 Å². The Balaban J connectivity index is 2.13. The van der Waals surface area contributed by atoms with Gasteiger partial charge in [-0.15, -0.1) is 0 Å². The second-order valence-corrected chi connectivity index (χ2v) is 6.58. The molecule has 1 aliphatic heterocycles. The van der Waals surface area contributed by atoms with Crippen molar-refractivity contribution in [1.29, 1.82) is 0 Å². The Morgan fingerprint density at radius 2 is 2.20 bits per heavy atom. The fourth-order valence-electron chi connectivity index (χ4n) is 3.05. The standard InChI is InChI=1S/C17H27ClN2/c1-4-6-14-9-10-20(12-14)17-15(11-19-13(2)3)7-5-8-16(17)18/h5,7-8,13-14,19H,4,6,9-12H2,1-3H3. The number of rotatable bonds is 6. The highest BCUT2D eigenvalue weighted by molar-refractivity contribution is 6.33. The van der Waals surface area contributed by atoms with Crippen LogP contribution in [0.4, 0.5) is 5.69 Å². The van der Waals surface area contributed by atoms with Crippen LogP contribution >= 0.6 is 11.6 Å². The van der Waals surface area contributed by atoms with E-state index in [1.54, 1.807) is 0 Å². The van der Waals surface area contributed by atoms with E-state index in [4.69, 9.17) is 11.6 Å². The van der Waals surface area contributed by atoms with Gasteiger partial charge < -0.3 is 10.2 Å². The van der Waals surface area contributed by atoms with Gasteiger partial charge in [0.15, 0.2) is 0 Å².